The van der Waals surface area contributed by atoms with Gasteiger partial charge in [-0.1, -0.05) is 32.1 Å². The maximum Gasteiger partial charge on any atom is -0.00196 e. The van der Waals surface area contributed by atoms with Gasteiger partial charge in [0, 0.05) is 0 Å². The summed E-state index contributed by atoms with van der Waals surface area (Å²) in [7, 11) is 0. The fourth-order valence-corrected chi connectivity index (χ4v) is 3.17. The Morgan fingerprint density at radius 1 is 0.875 bits per heavy atom. The lowest BCUT2D eigenvalue weighted by molar-refractivity contribution is 0.332. The molecule has 2 rings (SSSR count). The molecule has 2 N–H and O–H groups in total. The highest BCUT2D eigenvalue weighted by Gasteiger charge is 2.14. The van der Waals surface area contributed by atoms with E-state index in [0.29, 0.717) is 0 Å². The first kappa shape index (κ1) is 12.4. The highest BCUT2D eigenvalue weighted by atomic mass is 14.9. The molecule has 1 aliphatic carbocycles. The van der Waals surface area contributed by atoms with Gasteiger partial charge in [0.1, 0.15) is 0 Å². The number of nitrogens with one attached hydrogen (secondary N) is 2. The van der Waals surface area contributed by atoms with Gasteiger partial charge < -0.3 is 10.6 Å². The Morgan fingerprint density at radius 2 is 1.62 bits per heavy atom. The van der Waals surface area contributed by atoms with E-state index in [4.69, 9.17) is 0 Å². The molecule has 2 aliphatic rings. The third kappa shape index (κ3) is 4.42. The zero-order valence-corrected chi connectivity index (χ0v) is 10.6. The van der Waals surface area contributed by atoms with E-state index in [2.05, 4.69) is 10.6 Å². The van der Waals surface area contributed by atoms with E-state index in [1.54, 1.807) is 0 Å². The Hall–Kier alpha value is -0.0800. The van der Waals surface area contributed by atoms with Crippen molar-refractivity contribution in [2.75, 3.05) is 26.2 Å². The van der Waals surface area contributed by atoms with E-state index >= 15 is 0 Å². The Kier molecular flexibility index (Phi) is 5.64. The van der Waals surface area contributed by atoms with Crippen LogP contribution in [0.5, 0.6) is 0 Å². The van der Waals surface area contributed by atoms with Crippen LogP contribution in [-0.2, 0) is 0 Å². The van der Waals surface area contributed by atoms with E-state index in [1.807, 2.05) is 0 Å². The normalized spacial score (nSPS) is 27.4. The fraction of sp³-hybridized carbons (Fsp3) is 1.00. The summed E-state index contributed by atoms with van der Waals surface area (Å²) in [4.78, 5) is 0. The lowest BCUT2D eigenvalue weighted by Crippen LogP contribution is -2.22. The van der Waals surface area contributed by atoms with Crippen LogP contribution in [0.2, 0.25) is 0 Å². The van der Waals surface area contributed by atoms with Crippen LogP contribution in [0.3, 0.4) is 0 Å². The van der Waals surface area contributed by atoms with Crippen LogP contribution in [-0.4, -0.2) is 26.2 Å². The zero-order chi connectivity index (χ0) is 11.1. The molecule has 0 spiro atoms. The molecule has 0 aromatic carbocycles. The molecular formula is C14H28N2. The lowest BCUT2D eigenvalue weighted by Gasteiger charge is -2.21. The molecule has 1 saturated carbocycles. The SMILES string of the molecule is C1CCC(CCNCCC2CCNC2)CC1. The van der Waals surface area contributed by atoms with Gasteiger partial charge in [-0.05, 0) is 57.3 Å². The largest absolute Gasteiger partial charge is 0.317 e. The fourth-order valence-electron chi connectivity index (χ4n) is 3.17. The van der Waals surface area contributed by atoms with Crippen molar-refractivity contribution in [1.29, 1.82) is 0 Å². The highest BCUT2D eigenvalue weighted by Crippen LogP contribution is 2.25. The van der Waals surface area contributed by atoms with Gasteiger partial charge in [0.15, 0.2) is 0 Å². The monoisotopic (exact) mass is 224 g/mol. The van der Waals surface area contributed by atoms with Crippen LogP contribution >= 0.6 is 0 Å². The first-order valence-electron chi connectivity index (χ1n) is 7.36. The maximum atomic E-state index is 3.63. The second-order valence-electron chi connectivity index (χ2n) is 5.69. The van der Waals surface area contributed by atoms with Crippen LogP contribution in [0, 0.1) is 11.8 Å². The Balaban J connectivity index is 1.42. The topological polar surface area (TPSA) is 24.1 Å². The Morgan fingerprint density at radius 3 is 2.31 bits per heavy atom. The smallest absolute Gasteiger partial charge is 0.00196 e. The third-order valence-corrected chi connectivity index (χ3v) is 4.35. The standard InChI is InChI=1S/C14H28N2/c1-2-4-13(5-3-1)6-9-15-10-7-14-8-11-16-12-14/h13-16H,1-12H2. The van der Waals surface area contributed by atoms with E-state index in [9.17, 15) is 0 Å². The van der Waals surface area contributed by atoms with Gasteiger partial charge in [-0.25, -0.2) is 0 Å². The molecule has 0 bridgehead atoms. The molecule has 1 saturated heterocycles. The molecule has 0 aromatic heterocycles. The summed E-state index contributed by atoms with van der Waals surface area (Å²) in [6.07, 6.45) is 11.6. The third-order valence-electron chi connectivity index (χ3n) is 4.35. The number of hydrogen-bond acceptors (Lipinski definition) is 2. The van der Waals surface area contributed by atoms with E-state index in [0.717, 1.165) is 11.8 Å². The van der Waals surface area contributed by atoms with Crippen molar-refractivity contribution in [3.63, 3.8) is 0 Å². The molecule has 0 amide bonds. The second-order valence-corrected chi connectivity index (χ2v) is 5.69. The second kappa shape index (κ2) is 7.29. The molecule has 2 fully saturated rings. The molecule has 1 heterocycles. The van der Waals surface area contributed by atoms with Crippen molar-refractivity contribution in [1.82, 2.24) is 10.6 Å². The van der Waals surface area contributed by atoms with Crippen LogP contribution in [0.1, 0.15) is 51.4 Å². The van der Waals surface area contributed by atoms with Gasteiger partial charge in [-0.15, -0.1) is 0 Å². The first-order valence-corrected chi connectivity index (χ1v) is 7.36. The summed E-state index contributed by atoms with van der Waals surface area (Å²) in [6.45, 7) is 4.99. The summed E-state index contributed by atoms with van der Waals surface area (Å²) < 4.78 is 0. The van der Waals surface area contributed by atoms with Gasteiger partial charge in [0.2, 0.25) is 0 Å². The van der Waals surface area contributed by atoms with Gasteiger partial charge in [-0.3, -0.25) is 0 Å². The van der Waals surface area contributed by atoms with Crippen molar-refractivity contribution in [2.45, 2.75) is 51.4 Å². The van der Waals surface area contributed by atoms with E-state index < -0.39 is 0 Å². The molecule has 1 unspecified atom stereocenters. The van der Waals surface area contributed by atoms with E-state index in [1.165, 1.54) is 77.5 Å². The molecule has 94 valence electrons. The average Bonchev–Trinajstić information content (AvgIpc) is 2.83. The van der Waals surface area contributed by atoms with Gasteiger partial charge in [0.25, 0.3) is 0 Å². The first-order chi connectivity index (χ1) is 7.95. The van der Waals surface area contributed by atoms with Crippen molar-refractivity contribution < 1.29 is 0 Å². The highest BCUT2D eigenvalue weighted by molar-refractivity contribution is 4.72. The zero-order valence-electron chi connectivity index (χ0n) is 10.6. The van der Waals surface area contributed by atoms with Crippen molar-refractivity contribution >= 4 is 0 Å². The average molecular weight is 224 g/mol. The molecule has 0 radical (unpaired) electrons. The Bertz CT molecular complexity index is 170. The van der Waals surface area contributed by atoms with Crippen molar-refractivity contribution in [3.05, 3.63) is 0 Å². The Labute approximate surface area is 101 Å². The molecule has 16 heavy (non-hydrogen) atoms. The molecular weight excluding hydrogens is 196 g/mol. The maximum absolute atomic E-state index is 3.63. The molecule has 2 heteroatoms. The summed E-state index contributed by atoms with van der Waals surface area (Å²) >= 11 is 0. The van der Waals surface area contributed by atoms with Crippen LogP contribution in [0.4, 0.5) is 0 Å². The minimum absolute atomic E-state index is 0.946. The summed E-state index contributed by atoms with van der Waals surface area (Å²) in [5.74, 6) is 1.98. The van der Waals surface area contributed by atoms with Crippen LogP contribution in [0.25, 0.3) is 0 Å². The molecule has 1 aliphatic heterocycles. The quantitative estimate of drug-likeness (QED) is 0.678. The van der Waals surface area contributed by atoms with Crippen molar-refractivity contribution in [3.8, 4) is 0 Å². The van der Waals surface area contributed by atoms with Crippen LogP contribution < -0.4 is 10.6 Å². The van der Waals surface area contributed by atoms with Gasteiger partial charge in [0.05, 0.1) is 0 Å². The minimum atomic E-state index is 0.946. The minimum Gasteiger partial charge on any atom is -0.317 e. The summed E-state index contributed by atoms with van der Waals surface area (Å²) in [5.41, 5.74) is 0. The summed E-state index contributed by atoms with van der Waals surface area (Å²) in [5, 5.41) is 7.07. The lowest BCUT2D eigenvalue weighted by atomic mass is 9.87. The van der Waals surface area contributed by atoms with Crippen molar-refractivity contribution in [2.24, 2.45) is 11.8 Å². The number of hydrogen-bond donors (Lipinski definition) is 2. The predicted molar refractivity (Wildman–Crippen MR) is 69.7 cm³/mol. The number of rotatable bonds is 6. The van der Waals surface area contributed by atoms with Gasteiger partial charge >= 0.3 is 0 Å². The predicted octanol–water partition coefficient (Wildman–Crippen LogP) is 2.55. The van der Waals surface area contributed by atoms with E-state index in [-0.39, 0.29) is 0 Å². The molecule has 0 aromatic rings. The molecule has 2 nitrogen and oxygen atoms in total. The summed E-state index contributed by atoms with van der Waals surface area (Å²) in [6, 6.07) is 0. The molecule has 1 atom stereocenters. The van der Waals surface area contributed by atoms with Crippen LogP contribution in [0.15, 0.2) is 0 Å². The van der Waals surface area contributed by atoms with Gasteiger partial charge in [-0.2, -0.15) is 0 Å².